The van der Waals surface area contributed by atoms with Gasteiger partial charge >= 0.3 is 0 Å². The molecule has 0 radical (unpaired) electrons. The molecule has 19 heavy (non-hydrogen) atoms. The summed E-state index contributed by atoms with van der Waals surface area (Å²) in [5, 5.41) is 6.65. The van der Waals surface area contributed by atoms with Crippen molar-refractivity contribution in [2.45, 2.75) is 50.5 Å². The number of hydrogen-bond donors (Lipinski definition) is 2. The van der Waals surface area contributed by atoms with Crippen LogP contribution in [0.2, 0.25) is 0 Å². The predicted molar refractivity (Wildman–Crippen MR) is 78.7 cm³/mol. The summed E-state index contributed by atoms with van der Waals surface area (Å²) in [6.45, 7) is 2.67. The highest BCUT2D eigenvalue weighted by molar-refractivity contribution is 5.85. The summed E-state index contributed by atoms with van der Waals surface area (Å²) in [7, 11) is 1.72. The van der Waals surface area contributed by atoms with Crippen LogP contribution in [0, 0.1) is 5.92 Å². The van der Waals surface area contributed by atoms with Crippen molar-refractivity contribution < 1.29 is 9.53 Å². The second kappa shape index (κ2) is 8.08. The van der Waals surface area contributed by atoms with E-state index in [0.717, 1.165) is 45.2 Å². The average molecular weight is 291 g/mol. The molecule has 1 saturated carbocycles. The first kappa shape index (κ1) is 16.7. The van der Waals surface area contributed by atoms with E-state index in [-0.39, 0.29) is 29.8 Å². The molecule has 112 valence electrons. The van der Waals surface area contributed by atoms with Gasteiger partial charge in [0.05, 0.1) is 12.1 Å². The van der Waals surface area contributed by atoms with Crippen molar-refractivity contribution in [3.05, 3.63) is 0 Å². The molecule has 2 fully saturated rings. The molecule has 0 aromatic heterocycles. The van der Waals surface area contributed by atoms with Crippen LogP contribution in [0.4, 0.5) is 0 Å². The van der Waals surface area contributed by atoms with E-state index >= 15 is 0 Å². The van der Waals surface area contributed by atoms with Gasteiger partial charge in [-0.05, 0) is 45.2 Å². The first-order chi connectivity index (χ1) is 8.76. The predicted octanol–water partition coefficient (Wildman–Crippen LogP) is 1.87. The summed E-state index contributed by atoms with van der Waals surface area (Å²) >= 11 is 0. The standard InChI is InChI=1S/C14H26N2O2.ClH/c1-18-11-14(7-2-3-8-14)16-13(17)12-5-4-9-15-10-6-12;/h12,15H,2-11H2,1H3,(H,16,17);1H. The number of carbonyl (C=O) groups excluding carboxylic acids is 1. The molecule has 1 saturated heterocycles. The fraction of sp³-hybridized carbons (Fsp3) is 0.929. The van der Waals surface area contributed by atoms with Crippen LogP contribution in [0.25, 0.3) is 0 Å². The molecule has 1 aliphatic carbocycles. The molecule has 1 unspecified atom stereocenters. The van der Waals surface area contributed by atoms with Gasteiger partial charge < -0.3 is 15.4 Å². The number of ether oxygens (including phenoxy) is 1. The maximum atomic E-state index is 12.4. The number of rotatable bonds is 4. The van der Waals surface area contributed by atoms with E-state index in [1.165, 1.54) is 12.8 Å². The highest BCUT2D eigenvalue weighted by atomic mass is 35.5. The summed E-state index contributed by atoms with van der Waals surface area (Å²) in [4.78, 5) is 12.4. The molecule has 0 spiro atoms. The fourth-order valence-corrected chi connectivity index (χ4v) is 3.28. The monoisotopic (exact) mass is 290 g/mol. The summed E-state index contributed by atoms with van der Waals surface area (Å²) in [6.07, 6.45) is 7.63. The Hall–Kier alpha value is -0.320. The zero-order chi connectivity index (χ0) is 12.8. The molecule has 2 N–H and O–H groups in total. The Morgan fingerprint density at radius 3 is 2.68 bits per heavy atom. The molecule has 4 nitrogen and oxygen atoms in total. The lowest BCUT2D eigenvalue weighted by atomic mass is 9.94. The van der Waals surface area contributed by atoms with Crippen LogP contribution >= 0.6 is 12.4 Å². The Balaban J connectivity index is 0.00000180. The number of hydrogen-bond acceptors (Lipinski definition) is 3. The second-order valence-corrected chi connectivity index (χ2v) is 5.79. The minimum Gasteiger partial charge on any atom is -0.382 e. The zero-order valence-corrected chi connectivity index (χ0v) is 12.7. The second-order valence-electron chi connectivity index (χ2n) is 5.79. The summed E-state index contributed by atoms with van der Waals surface area (Å²) < 4.78 is 5.31. The van der Waals surface area contributed by atoms with Gasteiger partial charge in [-0.25, -0.2) is 0 Å². The Morgan fingerprint density at radius 2 is 2.00 bits per heavy atom. The van der Waals surface area contributed by atoms with Crippen molar-refractivity contribution in [1.82, 2.24) is 10.6 Å². The molecule has 1 heterocycles. The number of carbonyl (C=O) groups is 1. The van der Waals surface area contributed by atoms with Crippen LogP contribution in [0.15, 0.2) is 0 Å². The van der Waals surface area contributed by atoms with Crippen molar-refractivity contribution in [2.75, 3.05) is 26.8 Å². The van der Waals surface area contributed by atoms with Crippen LogP contribution in [0.5, 0.6) is 0 Å². The minimum absolute atomic E-state index is 0. The van der Waals surface area contributed by atoms with Crippen molar-refractivity contribution in [3.63, 3.8) is 0 Å². The van der Waals surface area contributed by atoms with Gasteiger partial charge in [0.2, 0.25) is 5.91 Å². The third-order valence-electron chi connectivity index (χ3n) is 4.32. The van der Waals surface area contributed by atoms with Crippen LogP contribution in [0.1, 0.15) is 44.9 Å². The van der Waals surface area contributed by atoms with E-state index < -0.39 is 0 Å². The average Bonchev–Trinajstić information content (AvgIpc) is 2.66. The number of halogens is 1. The molecule has 5 heteroatoms. The first-order valence-electron chi connectivity index (χ1n) is 7.27. The van der Waals surface area contributed by atoms with Gasteiger partial charge in [0.15, 0.2) is 0 Å². The van der Waals surface area contributed by atoms with Gasteiger partial charge in [-0.1, -0.05) is 12.8 Å². The van der Waals surface area contributed by atoms with E-state index in [1.807, 2.05) is 0 Å². The number of methoxy groups -OCH3 is 1. The van der Waals surface area contributed by atoms with E-state index in [0.29, 0.717) is 6.61 Å². The van der Waals surface area contributed by atoms with E-state index in [4.69, 9.17) is 4.74 Å². The SMILES string of the molecule is COCC1(NC(=O)C2CCCNCC2)CCCC1.Cl. The quantitative estimate of drug-likeness (QED) is 0.831. The van der Waals surface area contributed by atoms with Gasteiger partial charge in [0.1, 0.15) is 0 Å². The molecule has 2 rings (SSSR count). The third-order valence-corrected chi connectivity index (χ3v) is 4.32. The highest BCUT2D eigenvalue weighted by Crippen LogP contribution is 2.30. The Morgan fingerprint density at radius 1 is 1.26 bits per heavy atom. The topological polar surface area (TPSA) is 50.4 Å². The largest absolute Gasteiger partial charge is 0.382 e. The highest BCUT2D eigenvalue weighted by Gasteiger charge is 2.36. The normalized spacial score (nSPS) is 26.3. The Bertz CT molecular complexity index is 273. The minimum atomic E-state index is -0.0778. The molecular formula is C14H27ClN2O2. The first-order valence-corrected chi connectivity index (χ1v) is 7.27. The summed E-state index contributed by atoms with van der Waals surface area (Å²) in [5.74, 6) is 0.437. The molecule has 0 bridgehead atoms. The van der Waals surface area contributed by atoms with Crippen LogP contribution in [0.3, 0.4) is 0 Å². The van der Waals surface area contributed by atoms with Crippen LogP contribution in [-0.4, -0.2) is 38.3 Å². The van der Waals surface area contributed by atoms with Crippen molar-refractivity contribution >= 4 is 18.3 Å². The number of amides is 1. The van der Waals surface area contributed by atoms with Crippen LogP contribution < -0.4 is 10.6 Å². The molecule has 1 aliphatic heterocycles. The van der Waals surface area contributed by atoms with Gasteiger partial charge in [-0.15, -0.1) is 12.4 Å². The summed E-state index contributed by atoms with van der Waals surface area (Å²) in [6, 6.07) is 0. The zero-order valence-electron chi connectivity index (χ0n) is 11.9. The lowest BCUT2D eigenvalue weighted by Gasteiger charge is -2.31. The number of nitrogens with one attached hydrogen (secondary N) is 2. The molecule has 0 aromatic rings. The lowest BCUT2D eigenvalue weighted by Crippen LogP contribution is -2.51. The maximum Gasteiger partial charge on any atom is 0.223 e. The van der Waals surface area contributed by atoms with Gasteiger partial charge in [0.25, 0.3) is 0 Å². The molecule has 2 aliphatic rings. The Kier molecular flexibility index (Phi) is 7.11. The Labute approximate surface area is 122 Å². The molecular weight excluding hydrogens is 264 g/mol. The van der Waals surface area contributed by atoms with E-state index in [2.05, 4.69) is 10.6 Å². The van der Waals surface area contributed by atoms with Gasteiger partial charge in [0, 0.05) is 13.0 Å². The van der Waals surface area contributed by atoms with Gasteiger partial charge in [-0.3, -0.25) is 4.79 Å². The smallest absolute Gasteiger partial charge is 0.223 e. The molecule has 0 aromatic carbocycles. The molecule has 1 atom stereocenters. The van der Waals surface area contributed by atoms with E-state index in [9.17, 15) is 4.79 Å². The van der Waals surface area contributed by atoms with Crippen LogP contribution in [-0.2, 0) is 9.53 Å². The third kappa shape index (κ3) is 4.62. The van der Waals surface area contributed by atoms with Gasteiger partial charge in [-0.2, -0.15) is 0 Å². The molecule has 1 amide bonds. The maximum absolute atomic E-state index is 12.4. The van der Waals surface area contributed by atoms with E-state index in [1.54, 1.807) is 7.11 Å². The van der Waals surface area contributed by atoms with Crippen molar-refractivity contribution in [2.24, 2.45) is 5.92 Å². The summed E-state index contributed by atoms with van der Waals surface area (Å²) in [5.41, 5.74) is -0.0778. The van der Waals surface area contributed by atoms with Crippen molar-refractivity contribution in [1.29, 1.82) is 0 Å². The lowest BCUT2D eigenvalue weighted by molar-refractivity contribution is -0.128. The van der Waals surface area contributed by atoms with Crippen molar-refractivity contribution in [3.8, 4) is 0 Å². The fourth-order valence-electron chi connectivity index (χ4n) is 3.28.